The first-order valence-corrected chi connectivity index (χ1v) is 9.93. The van der Waals surface area contributed by atoms with E-state index in [9.17, 15) is 36.3 Å². The number of carbonyl (C=O) groups excluding carboxylic acids is 3. The van der Waals surface area contributed by atoms with E-state index in [2.05, 4.69) is 10.1 Å². The molecule has 0 saturated carbocycles. The Morgan fingerprint density at radius 3 is 2.53 bits per heavy atom. The number of carbonyl (C=O) groups is 3. The van der Waals surface area contributed by atoms with E-state index in [1.54, 1.807) is 4.90 Å². The maximum absolute atomic E-state index is 14.4. The van der Waals surface area contributed by atoms with Crippen LogP contribution in [0.15, 0.2) is 36.4 Å². The number of benzene rings is 2. The number of alkyl halides is 3. The summed E-state index contributed by atoms with van der Waals surface area (Å²) in [6.07, 6.45) is -5.39. The number of esters is 2. The number of rotatable bonds is 4. The summed E-state index contributed by atoms with van der Waals surface area (Å²) in [4.78, 5) is 38.1. The lowest BCUT2D eigenvalue weighted by Gasteiger charge is -2.28. The fourth-order valence-electron chi connectivity index (χ4n) is 3.64. The van der Waals surface area contributed by atoms with Gasteiger partial charge in [-0.3, -0.25) is 4.90 Å². The number of hydrogen-bond donors (Lipinski definition) is 1. The number of urea groups is 1. The van der Waals surface area contributed by atoms with Crippen molar-refractivity contribution < 1.29 is 45.8 Å². The van der Waals surface area contributed by atoms with Crippen molar-refractivity contribution >= 4 is 23.7 Å². The fourth-order valence-corrected chi connectivity index (χ4v) is 3.64. The van der Waals surface area contributed by atoms with Crippen LogP contribution >= 0.6 is 0 Å². The molecule has 2 aliphatic rings. The molecule has 0 spiro atoms. The summed E-state index contributed by atoms with van der Waals surface area (Å²) in [6, 6.07) is 5.31. The van der Waals surface area contributed by atoms with Gasteiger partial charge >= 0.3 is 24.1 Å². The van der Waals surface area contributed by atoms with Crippen LogP contribution < -0.4 is 15.0 Å². The number of ether oxygens (including phenoxy) is 2. The molecular formula is C21H16F5N3O5. The summed E-state index contributed by atoms with van der Waals surface area (Å²) >= 11 is 0. The van der Waals surface area contributed by atoms with Crippen LogP contribution in [0.25, 0.3) is 0 Å². The van der Waals surface area contributed by atoms with Gasteiger partial charge in [-0.05, 0) is 24.3 Å². The highest BCUT2D eigenvalue weighted by atomic mass is 19.4. The van der Waals surface area contributed by atoms with Crippen LogP contribution in [0.1, 0.15) is 10.4 Å². The molecule has 2 saturated heterocycles. The lowest BCUT2D eigenvalue weighted by molar-refractivity contribution is -0.193. The van der Waals surface area contributed by atoms with Crippen LogP contribution in [-0.2, 0) is 9.53 Å². The van der Waals surface area contributed by atoms with E-state index in [1.165, 1.54) is 11.0 Å². The molecule has 13 heteroatoms. The Morgan fingerprint density at radius 1 is 1.09 bits per heavy atom. The smallest absolute Gasteiger partial charge is 0.454 e. The van der Waals surface area contributed by atoms with E-state index >= 15 is 0 Å². The first kappa shape index (κ1) is 23.4. The number of hydrogen-bond acceptors (Lipinski definition) is 6. The maximum atomic E-state index is 14.4. The minimum Gasteiger partial charge on any atom is -0.454 e. The van der Waals surface area contributed by atoms with Crippen molar-refractivity contribution in [3.05, 3.63) is 53.6 Å². The molecule has 1 N–H and O–H groups in total. The van der Waals surface area contributed by atoms with Crippen LogP contribution in [0, 0.1) is 11.6 Å². The van der Waals surface area contributed by atoms with Gasteiger partial charge in [-0.25, -0.2) is 23.2 Å². The lowest BCUT2D eigenvalue weighted by atomic mass is 10.2. The number of fused-ring (bicyclic) bond motifs is 1. The van der Waals surface area contributed by atoms with Gasteiger partial charge in [0.1, 0.15) is 11.6 Å². The number of nitrogens with zero attached hydrogens (tertiary/aromatic N) is 2. The van der Waals surface area contributed by atoms with Gasteiger partial charge in [-0.1, -0.05) is 0 Å². The minimum atomic E-state index is -5.39. The Hall–Kier alpha value is -3.74. The van der Waals surface area contributed by atoms with Crippen molar-refractivity contribution in [2.75, 3.05) is 31.1 Å². The zero-order chi connectivity index (χ0) is 24.6. The molecule has 0 aromatic heterocycles. The maximum Gasteiger partial charge on any atom is 0.491 e. The summed E-state index contributed by atoms with van der Waals surface area (Å²) in [7, 11) is 0. The summed E-state index contributed by atoms with van der Waals surface area (Å²) in [5, 5.41) is 3.17. The first-order valence-electron chi connectivity index (χ1n) is 9.93. The van der Waals surface area contributed by atoms with Gasteiger partial charge in [0.05, 0.1) is 17.3 Å². The molecule has 2 fully saturated rings. The van der Waals surface area contributed by atoms with E-state index in [4.69, 9.17) is 4.74 Å². The Labute approximate surface area is 188 Å². The molecule has 2 aromatic rings. The summed E-state index contributed by atoms with van der Waals surface area (Å²) in [5.41, 5.74) is -0.476. The Balaban J connectivity index is 1.51. The van der Waals surface area contributed by atoms with Gasteiger partial charge in [0, 0.05) is 38.3 Å². The average Bonchev–Trinajstić information content (AvgIpc) is 3.11. The van der Waals surface area contributed by atoms with Crippen molar-refractivity contribution in [2.45, 2.75) is 12.2 Å². The van der Waals surface area contributed by atoms with Crippen molar-refractivity contribution in [3.8, 4) is 11.5 Å². The van der Waals surface area contributed by atoms with Crippen molar-refractivity contribution in [3.63, 3.8) is 0 Å². The van der Waals surface area contributed by atoms with Gasteiger partial charge in [-0.15, -0.1) is 0 Å². The third-order valence-electron chi connectivity index (χ3n) is 5.20. The van der Waals surface area contributed by atoms with Gasteiger partial charge in [-0.2, -0.15) is 13.2 Å². The molecule has 8 nitrogen and oxygen atoms in total. The standard InChI is InChI=1S/C21H16F5N3O5/c22-12-6-13(29-10-14-9-27-3-4-28(14)20(29)32)8-15(7-12)33-17-2-1-11(5-16(17)23)18(30)34-19(31)21(24,25)26/h1-2,5-8,14,27H,3-4,9-10H2/t14-/m0/s1. The third-order valence-corrected chi connectivity index (χ3v) is 5.20. The van der Waals surface area contributed by atoms with E-state index in [0.717, 1.165) is 24.3 Å². The summed E-state index contributed by atoms with van der Waals surface area (Å²) in [5.74, 6) is -7.03. The predicted octanol–water partition coefficient (Wildman–Crippen LogP) is 3.22. The summed E-state index contributed by atoms with van der Waals surface area (Å²) in [6.45, 7) is 2.06. The second-order valence-electron chi connectivity index (χ2n) is 7.51. The minimum absolute atomic E-state index is 0.0807. The second kappa shape index (κ2) is 8.89. The quantitative estimate of drug-likeness (QED) is 0.407. The van der Waals surface area contributed by atoms with E-state index in [0.29, 0.717) is 32.2 Å². The molecule has 2 amide bonds. The van der Waals surface area contributed by atoms with Crippen molar-refractivity contribution in [1.82, 2.24) is 10.2 Å². The number of halogens is 5. The Kier molecular flexibility index (Phi) is 6.13. The topological polar surface area (TPSA) is 88.2 Å². The molecule has 2 heterocycles. The molecule has 2 aliphatic heterocycles. The molecule has 2 aromatic carbocycles. The van der Waals surface area contributed by atoms with E-state index in [-0.39, 0.29) is 23.5 Å². The Bertz CT molecular complexity index is 1160. The number of amides is 2. The molecule has 1 atom stereocenters. The molecule has 180 valence electrons. The highest BCUT2D eigenvalue weighted by Gasteiger charge is 2.43. The van der Waals surface area contributed by atoms with Crippen LogP contribution in [0.2, 0.25) is 0 Å². The normalized spacial score (nSPS) is 18.0. The zero-order valence-electron chi connectivity index (χ0n) is 17.2. The van der Waals surface area contributed by atoms with Gasteiger partial charge in [0.15, 0.2) is 11.6 Å². The van der Waals surface area contributed by atoms with Gasteiger partial charge in [0.25, 0.3) is 0 Å². The number of nitrogens with one attached hydrogen (secondary N) is 1. The first-order chi connectivity index (χ1) is 16.0. The number of piperazine rings is 1. The zero-order valence-corrected chi connectivity index (χ0v) is 17.2. The van der Waals surface area contributed by atoms with Gasteiger partial charge < -0.3 is 19.7 Å². The highest BCUT2D eigenvalue weighted by molar-refractivity contribution is 5.98. The Morgan fingerprint density at radius 2 is 1.85 bits per heavy atom. The molecule has 0 bridgehead atoms. The monoisotopic (exact) mass is 485 g/mol. The van der Waals surface area contributed by atoms with Crippen LogP contribution in [0.5, 0.6) is 11.5 Å². The van der Waals surface area contributed by atoms with E-state index < -0.39 is 41.1 Å². The lowest BCUT2D eigenvalue weighted by Crippen LogP contribution is -2.49. The largest absolute Gasteiger partial charge is 0.491 e. The highest BCUT2D eigenvalue weighted by Crippen LogP contribution is 2.32. The average molecular weight is 485 g/mol. The third kappa shape index (κ3) is 4.78. The van der Waals surface area contributed by atoms with Gasteiger partial charge in [0.2, 0.25) is 0 Å². The van der Waals surface area contributed by atoms with Crippen LogP contribution in [0.3, 0.4) is 0 Å². The summed E-state index contributed by atoms with van der Waals surface area (Å²) < 4.78 is 74.3. The van der Waals surface area contributed by atoms with Crippen molar-refractivity contribution in [1.29, 1.82) is 0 Å². The SMILES string of the molecule is O=C(OC(=O)C(F)(F)F)c1ccc(Oc2cc(F)cc(N3C[C@@H]4CNCCN4C3=O)c2)c(F)c1. The fraction of sp³-hybridized carbons (Fsp3) is 0.286. The molecule has 34 heavy (non-hydrogen) atoms. The molecule has 4 rings (SSSR count). The molecular weight excluding hydrogens is 469 g/mol. The predicted molar refractivity (Wildman–Crippen MR) is 105 cm³/mol. The van der Waals surface area contributed by atoms with Crippen LogP contribution in [-0.4, -0.2) is 61.3 Å². The molecule has 0 radical (unpaired) electrons. The van der Waals surface area contributed by atoms with Crippen molar-refractivity contribution in [2.24, 2.45) is 0 Å². The van der Waals surface area contributed by atoms with Crippen LogP contribution in [0.4, 0.5) is 32.4 Å². The molecule has 0 aliphatic carbocycles. The van der Waals surface area contributed by atoms with E-state index in [1.807, 2.05) is 0 Å². The number of anilines is 1. The second-order valence-corrected chi connectivity index (χ2v) is 7.51. The molecule has 0 unspecified atom stereocenters.